The maximum Gasteiger partial charge on any atom is 0.293 e. The quantitative estimate of drug-likeness (QED) is 0.653. The molecule has 2 amide bonds. The van der Waals surface area contributed by atoms with E-state index < -0.39 is 0 Å². The molecule has 1 fully saturated rings. The fourth-order valence-electron chi connectivity index (χ4n) is 2.76. The molecule has 1 heterocycles. The van der Waals surface area contributed by atoms with Crippen molar-refractivity contribution in [3.63, 3.8) is 0 Å². The van der Waals surface area contributed by atoms with Gasteiger partial charge in [0.05, 0.1) is 25.7 Å². The predicted octanol–water partition coefficient (Wildman–Crippen LogP) is 4.13. The van der Waals surface area contributed by atoms with Crippen molar-refractivity contribution < 1.29 is 23.8 Å². The number of thioether (sulfide) groups is 1. The normalized spacial score (nSPS) is 15.2. The molecule has 0 spiro atoms. The van der Waals surface area contributed by atoms with E-state index in [1.807, 2.05) is 37.3 Å². The van der Waals surface area contributed by atoms with Crippen molar-refractivity contribution in [3.05, 3.63) is 58.5 Å². The first-order chi connectivity index (χ1) is 13.5. The van der Waals surface area contributed by atoms with Crippen LogP contribution in [0.25, 0.3) is 6.08 Å². The summed E-state index contributed by atoms with van der Waals surface area (Å²) in [6.07, 6.45) is 1.70. The summed E-state index contributed by atoms with van der Waals surface area (Å²) in [5.41, 5.74) is 1.81. The van der Waals surface area contributed by atoms with Gasteiger partial charge in [0.25, 0.3) is 11.1 Å². The third-order valence-electron chi connectivity index (χ3n) is 4.25. The second-order valence-corrected chi connectivity index (χ2v) is 7.05. The van der Waals surface area contributed by atoms with Gasteiger partial charge in [0, 0.05) is 0 Å². The van der Waals surface area contributed by atoms with Crippen LogP contribution in [0.1, 0.15) is 11.1 Å². The molecule has 6 nitrogen and oxygen atoms in total. The molecule has 3 rings (SSSR count). The lowest BCUT2D eigenvalue weighted by Crippen LogP contribution is -2.32. The molecule has 0 bridgehead atoms. The first-order valence-corrected chi connectivity index (χ1v) is 9.51. The van der Waals surface area contributed by atoms with Crippen molar-refractivity contribution in [3.8, 4) is 17.2 Å². The Morgan fingerprint density at radius 1 is 1.00 bits per heavy atom. The molecule has 0 atom stereocenters. The first-order valence-electron chi connectivity index (χ1n) is 8.69. The third-order valence-corrected chi connectivity index (χ3v) is 5.15. The lowest BCUT2D eigenvalue weighted by atomic mass is 10.1. The minimum Gasteiger partial charge on any atom is -0.496 e. The van der Waals surface area contributed by atoms with Crippen LogP contribution in [0, 0.1) is 6.92 Å². The highest BCUT2D eigenvalue weighted by atomic mass is 32.2. The van der Waals surface area contributed by atoms with E-state index >= 15 is 0 Å². The molecule has 0 saturated carbocycles. The highest BCUT2D eigenvalue weighted by Gasteiger charge is 2.34. The van der Waals surface area contributed by atoms with Gasteiger partial charge in [-0.15, -0.1) is 0 Å². The Labute approximate surface area is 168 Å². The van der Waals surface area contributed by atoms with E-state index in [1.54, 1.807) is 32.4 Å². The molecule has 28 heavy (non-hydrogen) atoms. The van der Waals surface area contributed by atoms with Crippen LogP contribution >= 0.6 is 11.8 Å². The molecular formula is C21H21NO5S. The van der Waals surface area contributed by atoms with Gasteiger partial charge < -0.3 is 14.2 Å². The molecule has 1 saturated heterocycles. The van der Waals surface area contributed by atoms with Gasteiger partial charge in [-0.25, -0.2) is 0 Å². The number of hydrogen-bond donors (Lipinski definition) is 0. The van der Waals surface area contributed by atoms with Gasteiger partial charge in [0.15, 0.2) is 11.5 Å². The number of carbonyl (C=O) groups is 2. The van der Waals surface area contributed by atoms with Gasteiger partial charge in [-0.2, -0.15) is 0 Å². The Balaban J connectivity index is 1.66. The summed E-state index contributed by atoms with van der Waals surface area (Å²) in [5.74, 6) is 1.58. The zero-order chi connectivity index (χ0) is 20.1. The third kappa shape index (κ3) is 4.31. The monoisotopic (exact) mass is 399 g/mol. The number of carbonyl (C=O) groups excluding carboxylic acids is 2. The summed E-state index contributed by atoms with van der Waals surface area (Å²) < 4.78 is 16.2. The Bertz CT molecular complexity index is 925. The molecule has 1 aliphatic heterocycles. The fraction of sp³-hybridized carbons (Fsp3) is 0.238. The van der Waals surface area contributed by atoms with Gasteiger partial charge >= 0.3 is 0 Å². The molecule has 2 aromatic rings. The summed E-state index contributed by atoms with van der Waals surface area (Å²) in [6, 6.07) is 12.9. The zero-order valence-electron chi connectivity index (χ0n) is 15.9. The Morgan fingerprint density at radius 3 is 2.43 bits per heavy atom. The molecule has 2 aromatic carbocycles. The number of ether oxygens (including phenoxy) is 3. The minimum atomic E-state index is -0.321. The number of hydrogen-bond acceptors (Lipinski definition) is 6. The lowest BCUT2D eigenvalue weighted by Gasteiger charge is -2.14. The predicted molar refractivity (Wildman–Crippen MR) is 109 cm³/mol. The Hall–Kier alpha value is -2.93. The Morgan fingerprint density at radius 2 is 1.71 bits per heavy atom. The van der Waals surface area contributed by atoms with E-state index in [1.165, 1.54) is 4.90 Å². The van der Waals surface area contributed by atoms with Crippen molar-refractivity contribution in [2.75, 3.05) is 27.4 Å². The first kappa shape index (κ1) is 19.8. The lowest BCUT2D eigenvalue weighted by molar-refractivity contribution is -0.123. The highest BCUT2D eigenvalue weighted by molar-refractivity contribution is 8.18. The van der Waals surface area contributed by atoms with Crippen LogP contribution < -0.4 is 14.2 Å². The molecule has 0 N–H and O–H groups in total. The summed E-state index contributed by atoms with van der Waals surface area (Å²) in [5, 5.41) is -0.307. The maximum absolute atomic E-state index is 12.6. The molecule has 0 unspecified atom stereocenters. The van der Waals surface area contributed by atoms with Crippen LogP contribution in [0.5, 0.6) is 17.2 Å². The molecule has 146 valence electrons. The van der Waals surface area contributed by atoms with Gasteiger partial charge in [-0.05, 0) is 54.1 Å². The number of aryl methyl sites for hydroxylation is 1. The topological polar surface area (TPSA) is 65.1 Å². The van der Waals surface area contributed by atoms with Crippen LogP contribution in [-0.4, -0.2) is 43.4 Å². The molecule has 0 aliphatic carbocycles. The molecule has 1 aliphatic rings. The number of amides is 2. The van der Waals surface area contributed by atoms with Gasteiger partial charge in [-0.1, -0.05) is 24.3 Å². The molecular weight excluding hydrogens is 378 g/mol. The van der Waals surface area contributed by atoms with E-state index in [0.29, 0.717) is 16.4 Å². The van der Waals surface area contributed by atoms with E-state index in [2.05, 4.69) is 0 Å². The number of benzene rings is 2. The standard InChI is InChI=1S/C21H21NO5S/c1-14-8-9-15(12-18(14)26-3)13-19-20(23)22(21(24)28-19)10-11-27-17-7-5-4-6-16(17)25-2/h4-9,12-13H,10-11H2,1-3H3/b19-13-. The zero-order valence-corrected chi connectivity index (χ0v) is 16.7. The van der Waals surface area contributed by atoms with Crippen LogP contribution in [0.3, 0.4) is 0 Å². The van der Waals surface area contributed by atoms with Crippen molar-refractivity contribution >= 4 is 29.0 Å². The highest BCUT2D eigenvalue weighted by Crippen LogP contribution is 2.33. The SMILES string of the molecule is COc1cc(/C=C2\SC(=O)N(CCOc3ccccc3OC)C2=O)ccc1C. The summed E-state index contributed by atoms with van der Waals surface area (Å²) in [6.45, 7) is 2.29. The van der Waals surface area contributed by atoms with Gasteiger partial charge in [-0.3, -0.25) is 14.5 Å². The van der Waals surface area contributed by atoms with Crippen LogP contribution in [0.4, 0.5) is 4.79 Å². The van der Waals surface area contributed by atoms with Gasteiger partial charge in [0.1, 0.15) is 12.4 Å². The summed E-state index contributed by atoms with van der Waals surface area (Å²) >= 11 is 0.926. The van der Waals surface area contributed by atoms with Crippen molar-refractivity contribution in [2.24, 2.45) is 0 Å². The van der Waals surface area contributed by atoms with Crippen molar-refractivity contribution in [1.29, 1.82) is 0 Å². The van der Waals surface area contributed by atoms with Crippen molar-refractivity contribution in [2.45, 2.75) is 6.92 Å². The minimum absolute atomic E-state index is 0.164. The number of nitrogens with zero attached hydrogens (tertiary/aromatic N) is 1. The van der Waals surface area contributed by atoms with Crippen LogP contribution in [0.2, 0.25) is 0 Å². The summed E-state index contributed by atoms with van der Waals surface area (Å²) in [4.78, 5) is 26.4. The molecule has 7 heteroatoms. The van der Waals surface area contributed by atoms with E-state index in [9.17, 15) is 9.59 Å². The van der Waals surface area contributed by atoms with Gasteiger partial charge in [0.2, 0.25) is 0 Å². The average molecular weight is 399 g/mol. The van der Waals surface area contributed by atoms with Crippen LogP contribution in [-0.2, 0) is 4.79 Å². The smallest absolute Gasteiger partial charge is 0.293 e. The molecule has 0 radical (unpaired) electrons. The second-order valence-electron chi connectivity index (χ2n) is 6.06. The van der Waals surface area contributed by atoms with E-state index in [0.717, 1.165) is 28.6 Å². The summed E-state index contributed by atoms with van der Waals surface area (Å²) in [7, 11) is 3.16. The maximum atomic E-state index is 12.6. The Kier molecular flexibility index (Phi) is 6.26. The number of para-hydroxylation sites is 2. The van der Waals surface area contributed by atoms with E-state index in [4.69, 9.17) is 14.2 Å². The van der Waals surface area contributed by atoms with Crippen LogP contribution in [0.15, 0.2) is 47.4 Å². The van der Waals surface area contributed by atoms with E-state index in [-0.39, 0.29) is 24.3 Å². The number of imide groups is 1. The second kappa shape index (κ2) is 8.84. The molecule has 0 aromatic heterocycles. The fourth-order valence-corrected chi connectivity index (χ4v) is 3.62. The largest absolute Gasteiger partial charge is 0.496 e. The average Bonchev–Trinajstić information content (AvgIpc) is 2.97. The number of rotatable bonds is 7. The number of methoxy groups -OCH3 is 2. The van der Waals surface area contributed by atoms with Crippen molar-refractivity contribution in [1.82, 2.24) is 4.90 Å².